The van der Waals surface area contributed by atoms with E-state index in [2.05, 4.69) is 20.6 Å². The zero-order valence-corrected chi connectivity index (χ0v) is 15.3. The van der Waals surface area contributed by atoms with Crippen LogP contribution in [0.4, 0.5) is 21.7 Å². The maximum Gasteiger partial charge on any atom is 0.274 e. The van der Waals surface area contributed by atoms with Crippen LogP contribution in [0.15, 0.2) is 48.5 Å². The number of rotatable bonds is 5. The molecule has 0 atom stereocenters. The Labute approximate surface area is 160 Å². The maximum absolute atomic E-state index is 13.8. The summed E-state index contributed by atoms with van der Waals surface area (Å²) in [5, 5.41) is 5.94. The second kappa shape index (κ2) is 8.01. The molecular weight excluding hydrogens is 371 g/mol. The van der Waals surface area contributed by atoms with Crippen molar-refractivity contribution in [3.63, 3.8) is 0 Å². The van der Waals surface area contributed by atoms with Gasteiger partial charge in [-0.15, -0.1) is 0 Å². The van der Waals surface area contributed by atoms with Crippen LogP contribution in [0.25, 0.3) is 0 Å². The standard InChI is InChI=1S/C19H16ClFN4O2/c1-11-9-16(18(26)23-15-10-12(20)7-8-17(15)27-2)25-19(22-11)24-14-6-4-3-5-13(14)21/h3-10H,1-2H3,(H,23,26)(H,22,24,25). The van der Waals surface area contributed by atoms with Gasteiger partial charge in [0, 0.05) is 10.7 Å². The second-order valence-electron chi connectivity index (χ2n) is 5.62. The number of nitrogens with zero attached hydrogens (tertiary/aromatic N) is 2. The molecule has 0 bridgehead atoms. The number of aromatic nitrogens is 2. The molecule has 0 saturated carbocycles. The Morgan fingerprint density at radius 1 is 1.11 bits per heavy atom. The van der Waals surface area contributed by atoms with Gasteiger partial charge in [-0.1, -0.05) is 23.7 Å². The van der Waals surface area contributed by atoms with E-state index in [-0.39, 0.29) is 17.3 Å². The van der Waals surface area contributed by atoms with Crippen LogP contribution >= 0.6 is 11.6 Å². The van der Waals surface area contributed by atoms with Crippen molar-refractivity contribution in [1.82, 2.24) is 9.97 Å². The Bertz CT molecular complexity index is 997. The normalized spacial score (nSPS) is 10.4. The Morgan fingerprint density at radius 2 is 1.89 bits per heavy atom. The molecule has 3 aromatic rings. The Hall–Kier alpha value is -3.19. The van der Waals surface area contributed by atoms with Crippen molar-refractivity contribution in [2.45, 2.75) is 6.92 Å². The van der Waals surface area contributed by atoms with E-state index in [0.717, 1.165) is 0 Å². The van der Waals surface area contributed by atoms with Crippen LogP contribution in [0.1, 0.15) is 16.2 Å². The van der Waals surface area contributed by atoms with Gasteiger partial charge in [0.05, 0.1) is 18.5 Å². The molecule has 3 rings (SSSR count). The number of hydrogen-bond acceptors (Lipinski definition) is 5. The van der Waals surface area contributed by atoms with E-state index in [0.29, 0.717) is 22.2 Å². The molecule has 0 saturated heterocycles. The zero-order valence-electron chi connectivity index (χ0n) is 14.6. The summed E-state index contributed by atoms with van der Waals surface area (Å²) in [6, 6.07) is 12.5. The van der Waals surface area contributed by atoms with Crippen molar-refractivity contribution < 1.29 is 13.9 Å². The highest BCUT2D eigenvalue weighted by atomic mass is 35.5. The molecule has 1 aromatic heterocycles. The molecule has 0 aliphatic rings. The van der Waals surface area contributed by atoms with Crippen LogP contribution in [0.2, 0.25) is 5.02 Å². The van der Waals surface area contributed by atoms with Crippen LogP contribution in [0.5, 0.6) is 5.75 Å². The minimum absolute atomic E-state index is 0.114. The molecule has 0 fully saturated rings. The molecular formula is C19H16ClFN4O2. The first-order chi connectivity index (χ1) is 13.0. The van der Waals surface area contributed by atoms with Gasteiger partial charge < -0.3 is 15.4 Å². The number of halogens is 2. The number of anilines is 3. The van der Waals surface area contributed by atoms with Gasteiger partial charge in [-0.2, -0.15) is 0 Å². The molecule has 27 heavy (non-hydrogen) atoms. The molecule has 0 aliphatic heterocycles. The molecule has 0 spiro atoms. The molecule has 6 nitrogen and oxygen atoms in total. The lowest BCUT2D eigenvalue weighted by atomic mass is 10.2. The molecule has 0 unspecified atom stereocenters. The van der Waals surface area contributed by atoms with Crippen LogP contribution in [0.3, 0.4) is 0 Å². The van der Waals surface area contributed by atoms with Crippen molar-refractivity contribution >= 4 is 34.8 Å². The van der Waals surface area contributed by atoms with E-state index in [9.17, 15) is 9.18 Å². The Kier molecular flexibility index (Phi) is 5.52. The minimum atomic E-state index is -0.474. The quantitative estimate of drug-likeness (QED) is 0.671. The third-order valence-corrected chi connectivity index (χ3v) is 3.85. The summed E-state index contributed by atoms with van der Waals surface area (Å²) in [6.07, 6.45) is 0. The number of nitrogens with one attached hydrogen (secondary N) is 2. The number of hydrogen-bond donors (Lipinski definition) is 2. The molecule has 2 aromatic carbocycles. The van der Waals surface area contributed by atoms with Gasteiger partial charge in [0.2, 0.25) is 5.95 Å². The largest absolute Gasteiger partial charge is 0.495 e. The van der Waals surface area contributed by atoms with Gasteiger partial charge in [0.1, 0.15) is 17.3 Å². The van der Waals surface area contributed by atoms with Gasteiger partial charge in [0.25, 0.3) is 5.91 Å². The first-order valence-corrected chi connectivity index (χ1v) is 8.36. The summed E-state index contributed by atoms with van der Waals surface area (Å²) < 4.78 is 19.0. The van der Waals surface area contributed by atoms with Gasteiger partial charge in [-0.05, 0) is 43.3 Å². The summed E-state index contributed by atoms with van der Waals surface area (Å²) in [7, 11) is 1.49. The van der Waals surface area contributed by atoms with Gasteiger partial charge >= 0.3 is 0 Å². The van der Waals surface area contributed by atoms with Crippen molar-refractivity contribution in [3.8, 4) is 5.75 Å². The maximum atomic E-state index is 13.8. The number of benzene rings is 2. The van der Waals surface area contributed by atoms with Gasteiger partial charge in [-0.3, -0.25) is 4.79 Å². The monoisotopic (exact) mass is 386 g/mol. The summed E-state index contributed by atoms with van der Waals surface area (Å²) in [4.78, 5) is 21.0. The molecule has 1 amide bonds. The van der Waals surface area contributed by atoms with Crippen LogP contribution in [-0.4, -0.2) is 23.0 Å². The lowest BCUT2D eigenvalue weighted by molar-refractivity contribution is 0.102. The van der Waals surface area contributed by atoms with Crippen molar-refractivity contribution in [2.24, 2.45) is 0 Å². The van der Waals surface area contributed by atoms with E-state index in [4.69, 9.17) is 16.3 Å². The minimum Gasteiger partial charge on any atom is -0.495 e. The first kappa shape index (κ1) is 18.6. The average Bonchev–Trinajstić information content (AvgIpc) is 2.63. The number of aryl methyl sites for hydroxylation is 1. The van der Waals surface area contributed by atoms with Crippen LogP contribution < -0.4 is 15.4 Å². The fraction of sp³-hybridized carbons (Fsp3) is 0.105. The highest BCUT2D eigenvalue weighted by Gasteiger charge is 2.14. The lowest BCUT2D eigenvalue weighted by Gasteiger charge is -2.12. The number of carbonyl (C=O) groups excluding carboxylic acids is 1. The summed E-state index contributed by atoms with van der Waals surface area (Å²) in [5.74, 6) is -0.346. The zero-order chi connectivity index (χ0) is 19.4. The number of amides is 1. The van der Waals surface area contributed by atoms with Crippen molar-refractivity contribution in [3.05, 3.63) is 70.8 Å². The van der Waals surface area contributed by atoms with E-state index < -0.39 is 11.7 Å². The average molecular weight is 387 g/mol. The van der Waals surface area contributed by atoms with Crippen molar-refractivity contribution in [1.29, 1.82) is 0 Å². The lowest BCUT2D eigenvalue weighted by Crippen LogP contribution is -2.16. The molecule has 0 radical (unpaired) electrons. The summed E-state index contributed by atoms with van der Waals surface area (Å²) in [5.41, 5.74) is 1.29. The van der Waals surface area contributed by atoms with E-state index in [1.54, 1.807) is 43.3 Å². The van der Waals surface area contributed by atoms with E-state index in [1.807, 2.05) is 0 Å². The predicted octanol–water partition coefficient (Wildman–Crippen LogP) is 4.58. The molecule has 0 aliphatic carbocycles. The Morgan fingerprint density at radius 3 is 2.63 bits per heavy atom. The SMILES string of the molecule is COc1ccc(Cl)cc1NC(=O)c1cc(C)nc(Nc2ccccc2F)n1. The number of ether oxygens (including phenoxy) is 1. The van der Waals surface area contributed by atoms with Gasteiger partial charge in [-0.25, -0.2) is 14.4 Å². The number of methoxy groups -OCH3 is 1. The van der Waals surface area contributed by atoms with Gasteiger partial charge in [0.15, 0.2) is 0 Å². The highest BCUT2D eigenvalue weighted by Crippen LogP contribution is 2.28. The van der Waals surface area contributed by atoms with E-state index in [1.165, 1.54) is 19.2 Å². The molecule has 1 heterocycles. The van der Waals surface area contributed by atoms with E-state index >= 15 is 0 Å². The predicted molar refractivity (Wildman–Crippen MR) is 102 cm³/mol. The first-order valence-electron chi connectivity index (χ1n) is 7.98. The summed E-state index contributed by atoms with van der Waals surface area (Å²) >= 11 is 5.98. The van der Waals surface area contributed by atoms with Crippen LogP contribution in [-0.2, 0) is 0 Å². The van der Waals surface area contributed by atoms with Crippen LogP contribution in [0, 0.1) is 12.7 Å². The highest BCUT2D eigenvalue weighted by molar-refractivity contribution is 6.31. The second-order valence-corrected chi connectivity index (χ2v) is 6.06. The molecule has 138 valence electrons. The third-order valence-electron chi connectivity index (χ3n) is 3.62. The topological polar surface area (TPSA) is 76.1 Å². The number of para-hydroxylation sites is 1. The molecule has 8 heteroatoms. The van der Waals surface area contributed by atoms with Crippen molar-refractivity contribution in [2.75, 3.05) is 17.7 Å². The Balaban J connectivity index is 1.86. The fourth-order valence-corrected chi connectivity index (χ4v) is 2.56. The fourth-order valence-electron chi connectivity index (χ4n) is 2.39. The third kappa shape index (κ3) is 4.51. The molecule has 2 N–H and O–H groups in total. The smallest absolute Gasteiger partial charge is 0.274 e. The summed E-state index contributed by atoms with van der Waals surface area (Å²) in [6.45, 7) is 1.71. The number of carbonyl (C=O) groups is 1.